The molecule has 0 spiro atoms. The summed E-state index contributed by atoms with van der Waals surface area (Å²) in [6.07, 6.45) is 0. The molecule has 3 rings (SSSR count). The fourth-order valence-electron chi connectivity index (χ4n) is 3.08. The van der Waals surface area contributed by atoms with Crippen LogP contribution in [0.5, 0.6) is 0 Å². The number of para-hydroxylation sites is 1. The van der Waals surface area contributed by atoms with Gasteiger partial charge < -0.3 is 9.52 Å². The van der Waals surface area contributed by atoms with Crippen LogP contribution in [0.2, 0.25) is 0 Å². The van der Waals surface area contributed by atoms with Gasteiger partial charge in [0.1, 0.15) is 11.3 Å². The van der Waals surface area contributed by atoms with Gasteiger partial charge in [0, 0.05) is 11.3 Å². The van der Waals surface area contributed by atoms with Crippen LogP contribution in [0.3, 0.4) is 0 Å². The number of fused-ring (bicyclic) bond motifs is 1. The number of carbonyl (C=O) groups is 1. The molecule has 2 atom stereocenters. The topological polar surface area (TPSA) is 50.4 Å². The van der Waals surface area contributed by atoms with Crippen molar-refractivity contribution in [2.75, 3.05) is 0 Å². The smallest absolute Gasteiger partial charge is 0.307 e. The van der Waals surface area contributed by atoms with E-state index in [1.54, 1.807) is 0 Å². The number of benzene rings is 1. The molecule has 1 N–H and O–H groups in total. The Hall–Kier alpha value is -1.77. The van der Waals surface area contributed by atoms with Gasteiger partial charge in [-0.15, -0.1) is 0 Å². The van der Waals surface area contributed by atoms with E-state index in [1.807, 2.05) is 45.0 Å². The highest BCUT2D eigenvalue weighted by molar-refractivity contribution is 5.84. The molecule has 1 aliphatic carbocycles. The van der Waals surface area contributed by atoms with Crippen LogP contribution >= 0.6 is 0 Å². The number of rotatable bonds is 2. The highest BCUT2D eigenvalue weighted by Crippen LogP contribution is 2.65. The van der Waals surface area contributed by atoms with Crippen molar-refractivity contribution in [3.63, 3.8) is 0 Å². The molecule has 1 heterocycles. The van der Waals surface area contributed by atoms with Crippen molar-refractivity contribution in [1.82, 2.24) is 0 Å². The Balaban J connectivity index is 2.12. The third-order valence-corrected chi connectivity index (χ3v) is 4.26. The van der Waals surface area contributed by atoms with Crippen LogP contribution in [-0.2, 0) is 4.79 Å². The van der Waals surface area contributed by atoms with Crippen LogP contribution < -0.4 is 0 Å². The van der Waals surface area contributed by atoms with Crippen molar-refractivity contribution in [3.05, 3.63) is 35.6 Å². The quantitative estimate of drug-likeness (QED) is 0.878. The Morgan fingerprint density at radius 1 is 1.33 bits per heavy atom. The molecule has 3 nitrogen and oxygen atoms in total. The zero-order chi connectivity index (χ0) is 13.1. The molecule has 18 heavy (non-hydrogen) atoms. The van der Waals surface area contributed by atoms with Gasteiger partial charge in [0.15, 0.2) is 0 Å². The first-order valence-corrected chi connectivity index (χ1v) is 6.15. The molecule has 0 bridgehead atoms. The SMILES string of the molecule is Cc1c([C@H]2[C@H](C(=O)O)C2(C)C)oc2ccccc12. The third-order valence-electron chi connectivity index (χ3n) is 4.26. The Kier molecular flexibility index (Phi) is 2.12. The molecule has 1 saturated carbocycles. The molecule has 2 aromatic rings. The van der Waals surface area contributed by atoms with E-state index in [4.69, 9.17) is 4.42 Å². The number of carboxylic acids is 1. The van der Waals surface area contributed by atoms with Gasteiger partial charge in [0.25, 0.3) is 0 Å². The van der Waals surface area contributed by atoms with Crippen LogP contribution in [0, 0.1) is 18.3 Å². The van der Waals surface area contributed by atoms with Gasteiger partial charge in [-0.05, 0) is 24.0 Å². The van der Waals surface area contributed by atoms with Crippen molar-refractivity contribution in [2.24, 2.45) is 11.3 Å². The van der Waals surface area contributed by atoms with E-state index >= 15 is 0 Å². The molecule has 0 amide bonds. The number of carboxylic acid groups (broad SMARTS) is 1. The summed E-state index contributed by atoms with van der Waals surface area (Å²) in [4.78, 5) is 11.2. The fraction of sp³-hybridized carbons (Fsp3) is 0.400. The molecule has 1 fully saturated rings. The van der Waals surface area contributed by atoms with Gasteiger partial charge >= 0.3 is 5.97 Å². The van der Waals surface area contributed by atoms with Crippen LogP contribution in [0.25, 0.3) is 11.0 Å². The van der Waals surface area contributed by atoms with Crippen LogP contribution in [-0.4, -0.2) is 11.1 Å². The predicted molar refractivity (Wildman–Crippen MR) is 68.6 cm³/mol. The average Bonchev–Trinajstić information content (AvgIpc) is 2.73. The number of hydrogen-bond donors (Lipinski definition) is 1. The summed E-state index contributed by atoms with van der Waals surface area (Å²) in [6.45, 7) is 5.99. The standard InChI is InChI=1S/C15H16O3/c1-8-9-6-4-5-7-10(9)18-13(8)11-12(14(16)17)15(11,2)3/h4-7,11-12H,1-3H3,(H,16,17)/t11-,12-/m1/s1. The first kappa shape index (κ1) is 11.3. The summed E-state index contributed by atoms with van der Waals surface area (Å²) in [5.41, 5.74) is 1.70. The number of aryl methyl sites for hydroxylation is 1. The maximum Gasteiger partial charge on any atom is 0.307 e. The van der Waals surface area contributed by atoms with E-state index in [0.29, 0.717) is 0 Å². The van der Waals surface area contributed by atoms with E-state index in [0.717, 1.165) is 22.3 Å². The fourth-order valence-corrected chi connectivity index (χ4v) is 3.08. The molecule has 1 aromatic heterocycles. The maximum atomic E-state index is 11.2. The Bertz CT molecular complexity index is 636. The van der Waals surface area contributed by atoms with Gasteiger partial charge in [0.2, 0.25) is 0 Å². The highest BCUT2D eigenvalue weighted by Gasteiger charge is 2.64. The molecule has 0 aliphatic heterocycles. The average molecular weight is 244 g/mol. The summed E-state index contributed by atoms with van der Waals surface area (Å²) in [5, 5.41) is 10.3. The van der Waals surface area contributed by atoms with E-state index in [2.05, 4.69) is 0 Å². The third kappa shape index (κ3) is 1.33. The van der Waals surface area contributed by atoms with Crippen molar-refractivity contribution in [2.45, 2.75) is 26.7 Å². The lowest BCUT2D eigenvalue weighted by atomic mass is 10.0. The largest absolute Gasteiger partial charge is 0.481 e. The van der Waals surface area contributed by atoms with Crippen molar-refractivity contribution in [1.29, 1.82) is 0 Å². The van der Waals surface area contributed by atoms with Crippen molar-refractivity contribution in [3.8, 4) is 0 Å². The van der Waals surface area contributed by atoms with E-state index in [9.17, 15) is 9.90 Å². The minimum Gasteiger partial charge on any atom is -0.481 e. The zero-order valence-electron chi connectivity index (χ0n) is 10.7. The molecule has 94 valence electrons. The van der Waals surface area contributed by atoms with Gasteiger partial charge in [-0.1, -0.05) is 32.0 Å². The first-order chi connectivity index (χ1) is 8.44. The number of aliphatic carboxylic acids is 1. The van der Waals surface area contributed by atoms with Gasteiger partial charge in [-0.2, -0.15) is 0 Å². The van der Waals surface area contributed by atoms with Gasteiger partial charge in [-0.3, -0.25) is 4.79 Å². The maximum absolute atomic E-state index is 11.2. The summed E-state index contributed by atoms with van der Waals surface area (Å²) in [5.74, 6) is -0.238. The monoisotopic (exact) mass is 244 g/mol. The minimum atomic E-state index is -0.732. The number of hydrogen-bond acceptors (Lipinski definition) is 2. The van der Waals surface area contributed by atoms with E-state index in [-0.39, 0.29) is 17.3 Å². The van der Waals surface area contributed by atoms with Crippen LogP contribution in [0.1, 0.15) is 31.1 Å². The molecule has 1 aromatic carbocycles. The Labute approximate surface area is 105 Å². The summed E-state index contributed by atoms with van der Waals surface area (Å²) in [7, 11) is 0. The van der Waals surface area contributed by atoms with Crippen molar-refractivity contribution < 1.29 is 14.3 Å². The minimum absolute atomic E-state index is 0.0117. The van der Waals surface area contributed by atoms with E-state index < -0.39 is 5.97 Å². The van der Waals surface area contributed by atoms with E-state index in [1.165, 1.54) is 0 Å². The van der Waals surface area contributed by atoms with Crippen molar-refractivity contribution >= 4 is 16.9 Å². The highest BCUT2D eigenvalue weighted by atomic mass is 16.4. The normalized spacial score (nSPS) is 25.3. The predicted octanol–water partition coefficient (Wildman–Crippen LogP) is 3.57. The zero-order valence-corrected chi connectivity index (χ0v) is 10.7. The Morgan fingerprint density at radius 2 is 2.00 bits per heavy atom. The molecule has 3 heteroatoms. The number of furan rings is 1. The molecular formula is C15H16O3. The molecular weight excluding hydrogens is 228 g/mol. The first-order valence-electron chi connectivity index (χ1n) is 6.15. The van der Waals surface area contributed by atoms with Crippen LogP contribution in [0.4, 0.5) is 0 Å². The summed E-state index contributed by atoms with van der Waals surface area (Å²) < 4.78 is 5.88. The molecule has 0 radical (unpaired) electrons. The second-order valence-electron chi connectivity index (χ2n) is 5.70. The van der Waals surface area contributed by atoms with Crippen LogP contribution in [0.15, 0.2) is 28.7 Å². The summed E-state index contributed by atoms with van der Waals surface area (Å²) in [6, 6.07) is 7.85. The molecule has 0 unspecified atom stereocenters. The summed E-state index contributed by atoms with van der Waals surface area (Å²) >= 11 is 0. The second-order valence-corrected chi connectivity index (χ2v) is 5.70. The van der Waals surface area contributed by atoms with Gasteiger partial charge in [-0.25, -0.2) is 0 Å². The lowest BCUT2D eigenvalue weighted by molar-refractivity contribution is -0.139. The molecule has 0 saturated heterocycles. The molecule has 1 aliphatic rings. The Morgan fingerprint density at radius 3 is 2.56 bits per heavy atom. The lowest BCUT2D eigenvalue weighted by Gasteiger charge is -1.99. The second kappa shape index (κ2) is 3.37. The van der Waals surface area contributed by atoms with Gasteiger partial charge in [0.05, 0.1) is 5.92 Å². The lowest BCUT2D eigenvalue weighted by Crippen LogP contribution is -2.03.